The molecule has 0 radical (unpaired) electrons. The molecule has 0 aliphatic heterocycles. The Morgan fingerprint density at radius 1 is 1.38 bits per heavy atom. The summed E-state index contributed by atoms with van der Waals surface area (Å²) in [5, 5.41) is 9.95. The SMILES string of the molecule is CCNCc1c(S(=O)(=O)NC2CC(OCC)C2)n[nH]c1C. The van der Waals surface area contributed by atoms with Crippen LogP contribution in [-0.4, -0.2) is 43.9 Å². The van der Waals surface area contributed by atoms with Crippen molar-refractivity contribution in [2.75, 3.05) is 13.2 Å². The molecule has 8 heteroatoms. The molecule has 3 N–H and O–H groups in total. The van der Waals surface area contributed by atoms with Crippen LogP contribution in [0.1, 0.15) is 37.9 Å². The number of aromatic nitrogens is 2. The monoisotopic (exact) mass is 316 g/mol. The zero-order valence-corrected chi connectivity index (χ0v) is 13.6. The maximum Gasteiger partial charge on any atom is 0.260 e. The molecule has 0 aromatic carbocycles. The van der Waals surface area contributed by atoms with Gasteiger partial charge in [0, 0.05) is 30.5 Å². The molecule has 0 unspecified atom stereocenters. The van der Waals surface area contributed by atoms with Gasteiger partial charge in [-0.1, -0.05) is 6.92 Å². The van der Waals surface area contributed by atoms with Crippen molar-refractivity contribution in [1.29, 1.82) is 0 Å². The van der Waals surface area contributed by atoms with E-state index >= 15 is 0 Å². The van der Waals surface area contributed by atoms with Gasteiger partial charge in [0.05, 0.1) is 6.10 Å². The number of aryl methyl sites for hydroxylation is 1. The zero-order chi connectivity index (χ0) is 15.5. The minimum atomic E-state index is -3.59. The van der Waals surface area contributed by atoms with E-state index in [2.05, 4.69) is 20.2 Å². The standard InChI is InChI=1S/C13H24N4O3S/c1-4-14-8-12-9(3)15-16-13(12)21(18,19)17-10-6-11(7-10)20-5-2/h10-11,14,17H,4-8H2,1-3H3,(H,15,16). The van der Waals surface area contributed by atoms with Gasteiger partial charge in [0.2, 0.25) is 0 Å². The van der Waals surface area contributed by atoms with Crippen molar-refractivity contribution in [2.45, 2.75) is 57.3 Å². The molecule has 0 bridgehead atoms. The number of aromatic amines is 1. The van der Waals surface area contributed by atoms with Gasteiger partial charge in [-0.05, 0) is 33.2 Å². The summed E-state index contributed by atoms with van der Waals surface area (Å²) in [5.41, 5.74) is 1.47. The van der Waals surface area contributed by atoms with Gasteiger partial charge in [-0.25, -0.2) is 13.1 Å². The molecule has 0 saturated heterocycles. The van der Waals surface area contributed by atoms with E-state index in [9.17, 15) is 8.42 Å². The predicted octanol–water partition coefficient (Wildman–Crippen LogP) is 0.673. The van der Waals surface area contributed by atoms with E-state index in [1.807, 2.05) is 20.8 Å². The van der Waals surface area contributed by atoms with Crippen molar-refractivity contribution in [3.63, 3.8) is 0 Å². The van der Waals surface area contributed by atoms with Crippen LogP contribution in [0, 0.1) is 6.92 Å². The van der Waals surface area contributed by atoms with Gasteiger partial charge >= 0.3 is 0 Å². The van der Waals surface area contributed by atoms with Crippen molar-refractivity contribution >= 4 is 10.0 Å². The number of hydrogen-bond acceptors (Lipinski definition) is 5. The van der Waals surface area contributed by atoms with Crippen LogP contribution in [0.25, 0.3) is 0 Å². The third-order valence-electron chi connectivity index (χ3n) is 3.66. The summed E-state index contributed by atoms with van der Waals surface area (Å²) in [6, 6.07) is -0.0597. The lowest BCUT2D eigenvalue weighted by molar-refractivity contribution is -0.00477. The third-order valence-corrected chi connectivity index (χ3v) is 5.15. The summed E-state index contributed by atoms with van der Waals surface area (Å²) in [6.07, 6.45) is 1.61. The Hall–Kier alpha value is -0.960. The van der Waals surface area contributed by atoms with Crippen LogP contribution < -0.4 is 10.0 Å². The fraction of sp³-hybridized carbons (Fsp3) is 0.769. The summed E-state index contributed by atoms with van der Waals surface area (Å²) in [6.45, 7) is 7.67. The molecule has 0 atom stereocenters. The highest BCUT2D eigenvalue weighted by atomic mass is 32.2. The normalized spacial score (nSPS) is 22.2. The van der Waals surface area contributed by atoms with Crippen molar-refractivity contribution < 1.29 is 13.2 Å². The number of rotatable bonds is 8. The highest BCUT2D eigenvalue weighted by Crippen LogP contribution is 2.25. The first kappa shape index (κ1) is 16.4. The van der Waals surface area contributed by atoms with E-state index in [1.165, 1.54) is 0 Å². The highest BCUT2D eigenvalue weighted by molar-refractivity contribution is 7.89. The minimum Gasteiger partial charge on any atom is -0.378 e. The first-order chi connectivity index (χ1) is 9.97. The molecule has 1 fully saturated rings. The number of nitrogens with one attached hydrogen (secondary N) is 3. The van der Waals surface area contributed by atoms with Gasteiger partial charge in [-0.15, -0.1) is 0 Å². The van der Waals surface area contributed by atoms with Crippen molar-refractivity contribution in [2.24, 2.45) is 0 Å². The molecule has 0 amide bonds. The van der Waals surface area contributed by atoms with Crippen molar-refractivity contribution in [1.82, 2.24) is 20.2 Å². The van der Waals surface area contributed by atoms with E-state index in [4.69, 9.17) is 4.74 Å². The molecule has 1 saturated carbocycles. The molecular weight excluding hydrogens is 292 g/mol. The maximum atomic E-state index is 12.4. The molecule has 1 aliphatic rings. The summed E-state index contributed by atoms with van der Waals surface area (Å²) in [7, 11) is -3.59. The van der Waals surface area contributed by atoms with Crippen LogP contribution in [0.3, 0.4) is 0 Å². The topological polar surface area (TPSA) is 96.1 Å². The Kier molecular flexibility index (Phi) is 5.37. The Morgan fingerprint density at radius 3 is 2.71 bits per heavy atom. The second-order valence-electron chi connectivity index (χ2n) is 5.28. The van der Waals surface area contributed by atoms with E-state index in [-0.39, 0.29) is 17.2 Å². The molecule has 1 aliphatic carbocycles. The highest BCUT2D eigenvalue weighted by Gasteiger charge is 2.34. The first-order valence-corrected chi connectivity index (χ1v) is 8.84. The van der Waals surface area contributed by atoms with Gasteiger partial charge in [0.15, 0.2) is 5.03 Å². The molecule has 7 nitrogen and oxygen atoms in total. The summed E-state index contributed by atoms with van der Waals surface area (Å²) in [4.78, 5) is 0. The van der Waals surface area contributed by atoms with E-state index in [1.54, 1.807) is 0 Å². The Bertz CT molecular complexity index is 564. The number of hydrogen-bond donors (Lipinski definition) is 3. The van der Waals surface area contributed by atoms with Crippen LogP contribution in [-0.2, 0) is 21.3 Å². The van der Waals surface area contributed by atoms with Crippen LogP contribution in [0.4, 0.5) is 0 Å². The lowest BCUT2D eigenvalue weighted by atomic mass is 9.90. The fourth-order valence-corrected chi connectivity index (χ4v) is 3.88. The van der Waals surface area contributed by atoms with Crippen LogP contribution in [0.5, 0.6) is 0 Å². The van der Waals surface area contributed by atoms with Crippen LogP contribution in [0.15, 0.2) is 5.03 Å². The second kappa shape index (κ2) is 6.87. The third kappa shape index (κ3) is 3.82. The molecule has 1 aromatic heterocycles. The quantitative estimate of drug-likeness (QED) is 0.655. The van der Waals surface area contributed by atoms with E-state index < -0.39 is 10.0 Å². The molecule has 21 heavy (non-hydrogen) atoms. The Labute approximate surface area is 125 Å². The average molecular weight is 316 g/mol. The lowest BCUT2D eigenvalue weighted by Crippen LogP contribution is -2.48. The first-order valence-electron chi connectivity index (χ1n) is 7.36. The zero-order valence-electron chi connectivity index (χ0n) is 12.8. The largest absolute Gasteiger partial charge is 0.378 e. The fourth-order valence-electron chi connectivity index (χ4n) is 2.42. The van der Waals surface area contributed by atoms with Crippen LogP contribution >= 0.6 is 0 Å². The lowest BCUT2D eigenvalue weighted by Gasteiger charge is -2.34. The molecule has 120 valence electrons. The van der Waals surface area contributed by atoms with Gasteiger partial charge in [0.1, 0.15) is 0 Å². The predicted molar refractivity (Wildman–Crippen MR) is 79.5 cm³/mol. The van der Waals surface area contributed by atoms with E-state index in [0.717, 1.165) is 25.1 Å². The molecule has 1 heterocycles. The number of ether oxygens (including phenoxy) is 1. The maximum absolute atomic E-state index is 12.4. The van der Waals surface area contributed by atoms with Crippen LogP contribution in [0.2, 0.25) is 0 Å². The van der Waals surface area contributed by atoms with Gasteiger partial charge < -0.3 is 10.1 Å². The number of nitrogens with zero attached hydrogens (tertiary/aromatic N) is 1. The molecular formula is C13H24N4O3S. The summed E-state index contributed by atoms with van der Waals surface area (Å²) < 4.78 is 33.0. The second-order valence-corrected chi connectivity index (χ2v) is 6.91. The number of sulfonamides is 1. The average Bonchev–Trinajstić information content (AvgIpc) is 2.76. The smallest absolute Gasteiger partial charge is 0.260 e. The Balaban J connectivity index is 2.03. The van der Waals surface area contributed by atoms with Gasteiger partial charge in [-0.2, -0.15) is 5.10 Å². The van der Waals surface area contributed by atoms with E-state index in [0.29, 0.717) is 18.7 Å². The van der Waals surface area contributed by atoms with Crippen molar-refractivity contribution in [3.8, 4) is 0 Å². The molecule has 1 aromatic rings. The molecule has 0 spiro atoms. The summed E-state index contributed by atoms with van der Waals surface area (Å²) in [5.74, 6) is 0. The number of H-pyrrole nitrogens is 1. The van der Waals surface area contributed by atoms with Gasteiger partial charge in [-0.3, -0.25) is 5.10 Å². The summed E-state index contributed by atoms with van der Waals surface area (Å²) >= 11 is 0. The van der Waals surface area contributed by atoms with Crippen molar-refractivity contribution in [3.05, 3.63) is 11.3 Å². The molecule has 2 rings (SSSR count). The minimum absolute atomic E-state index is 0.0597. The Morgan fingerprint density at radius 2 is 2.10 bits per heavy atom. The van der Waals surface area contributed by atoms with Gasteiger partial charge in [0.25, 0.3) is 10.0 Å².